The van der Waals surface area contributed by atoms with Gasteiger partial charge in [0.05, 0.1) is 6.61 Å². The molecule has 4 nitrogen and oxygen atoms in total. The molecule has 0 aromatic heterocycles. The molecule has 0 spiro atoms. The zero-order valence-electron chi connectivity index (χ0n) is 11.4. The van der Waals surface area contributed by atoms with Gasteiger partial charge in [0.15, 0.2) is 0 Å². The molecular formula is C14H27N3O. The first-order chi connectivity index (χ1) is 8.83. The SMILES string of the molecule is NC1CCOCC1CN1CCN2CCCCC2C1. The van der Waals surface area contributed by atoms with Crippen molar-refractivity contribution in [2.45, 2.75) is 37.8 Å². The average molecular weight is 253 g/mol. The fourth-order valence-electron chi connectivity index (χ4n) is 3.72. The standard InChI is InChI=1S/C14H27N3O/c15-14-4-8-18-11-12(14)9-16-6-7-17-5-2-1-3-13(17)10-16/h12-14H,1-11,15H2. The molecule has 3 aliphatic rings. The molecule has 3 heterocycles. The summed E-state index contributed by atoms with van der Waals surface area (Å²) < 4.78 is 5.58. The molecule has 18 heavy (non-hydrogen) atoms. The lowest BCUT2D eigenvalue weighted by atomic mass is 9.94. The summed E-state index contributed by atoms with van der Waals surface area (Å²) in [5.41, 5.74) is 6.21. The molecule has 0 aromatic carbocycles. The number of piperazine rings is 1. The summed E-state index contributed by atoms with van der Waals surface area (Å²) in [7, 11) is 0. The van der Waals surface area contributed by atoms with Crippen molar-refractivity contribution < 1.29 is 4.74 Å². The third-order valence-electron chi connectivity index (χ3n) is 4.95. The van der Waals surface area contributed by atoms with Crippen molar-refractivity contribution in [1.82, 2.24) is 9.80 Å². The van der Waals surface area contributed by atoms with E-state index in [-0.39, 0.29) is 0 Å². The van der Waals surface area contributed by atoms with E-state index < -0.39 is 0 Å². The minimum Gasteiger partial charge on any atom is -0.381 e. The van der Waals surface area contributed by atoms with Crippen molar-refractivity contribution in [3.05, 3.63) is 0 Å². The van der Waals surface area contributed by atoms with Crippen LogP contribution >= 0.6 is 0 Å². The van der Waals surface area contributed by atoms with Crippen LogP contribution in [0.2, 0.25) is 0 Å². The van der Waals surface area contributed by atoms with Crippen LogP contribution in [-0.2, 0) is 4.74 Å². The zero-order valence-corrected chi connectivity index (χ0v) is 11.4. The van der Waals surface area contributed by atoms with Gasteiger partial charge in [0.1, 0.15) is 0 Å². The lowest BCUT2D eigenvalue weighted by Crippen LogP contribution is -2.57. The lowest BCUT2D eigenvalue weighted by Gasteiger charge is -2.45. The lowest BCUT2D eigenvalue weighted by molar-refractivity contribution is 0.000188. The van der Waals surface area contributed by atoms with Crippen LogP contribution in [0.25, 0.3) is 0 Å². The Hall–Kier alpha value is -0.160. The van der Waals surface area contributed by atoms with Crippen LogP contribution in [0.1, 0.15) is 25.7 Å². The van der Waals surface area contributed by atoms with Crippen molar-refractivity contribution in [2.75, 3.05) is 45.9 Å². The van der Waals surface area contributed by atoms with E-state index in [1.165, 1.54) is 45.4 Å². The normalized spacial score (nSPS) is 39.5. The van der Waals surface area contributed by atoms with Gasteiger partial charge in [0, 0.05) is 50.8 Å². The molecular weight excluding hydrogens is 226 g/mol. The van der Waals surface area contributed by atoms with Gasteiger partial charge in [-0.2, -0.15) is 0 Å². The first-order valence-electron chi connectivity index (χ1n) is 7.62. The molecule has 0 radical (unpaired) electrons. The first-order valence-corrected chi connectivity index (χ1v) is 7.62. The summed E-state index contributed by atoms with van der Waals surface area (Å²) in [6.45, 7) is 7.92. The van der Waals surface area contributed by atoms with E-state index in [1.807, 2.05) is 0 Å². The van der Waals surface area contributed by atoms with Crippen LogP contribution in [-0.4, -0.2) is 67.8 Å². The zero-order chi connectivity index (χ0) is 12.4. The number of hydrogen-bond donors (Lipinski definition) is 1. The van der Waals surface area contributed by atoms with Gasteiger partial charge >= 0.3 is 0 Å². The Morgan fingerprint density at radius 1 is 1.11 bits per heavy atom. The molecule has 0 aliphatic carbocycles. The smallest absolute Gasteiger partial charge is 0.0521 e. The summed E-state index contributed by atoms with van der Waals surface area (Å²) in [6, 6.07) is 1.16. The fraction of sp³-hybridized carbons (Fsp3) is 1.00. The van der Waals surface area contributed by atoms with Crippen LogP contribution in [0.15, 0.2) is 0 Å². The quantitative estimate of drug-likeness (QED) is 0.779. The molecule has 4 heteroatoms. The minimum atomic E-state index is 0.350. The number of rotatable bonds is 2. The maximum Gasteiger partial charge on any atom is 0.0521 e. The van der Waals surface area contributed by atoms with E-state index in [0.717, 1.165) is 32.2 Å². The van der Waals surface area contributed by atoms with Crippen LogP contribution in [0, 0.1) is 5.92 Å². The van der Waals surface area contributed by atoms with Gasteiger partial charge in [-0.1, -0.05) is 6.42 Å². The van der Waals surface area contributed by atoms with Gasteiger partial charge in [0.25, 0.3) is 0 Å². The Balaban J connectivity index is 1.51. The van der Waals surface area contributed by atoms with E-state index in [0.29, 0.717) is 12.0 Å². The largest absolute Gasteiger partial charge is 0.381 e. The molecule has 0 bridgehead atoms. The highest BCUT2D eigenvalue weighted by Gasteiger charge is 2.31. The van der Waals surface area contributed by atoms with E-state index in [1.54, 1.807) is 0 Å². The molecule has 3 fully saturated rings. The second-order valence-corrected chi connectivity index (χ2v) is 6.23. The van der Waals surface area contributed by atoms with Gasteiger partial charge in [-0.15, -0.1) is 0 Å². The number of nitrogens with zero attached hydrogens (tertiary/aromatic N) is 2. The van der Waals surface area contributed by atoms with Crippen LogP contribution < -0.4 is 5.73 Å². The molecule has 0 saturated carbocycles. The minimum absolute atomic E-state index is 0.350. The van der Waals surface area contributed by atoms with Crippen LogP contribution in [0.4, 0.5) is 0 Å². The Morgan fingerprint density at radius 3 is 2.94 bits per heavy atom. The average Bonchev–Trinajstić information content (AvgIpc) is 2.41. The summed E-state index contributed by atoms with van der Waals surface area (Å²) in [4.78, 5) is 5.32. The van der Waals surface area contributed by atoms with E-state index in [4.69, 9.17) is 10.5 Å². The number of ether oxygens (including phenoxy) is 1. The predicted molar refractivity (Wildman–Crippen MR) is 72.6 cm³/mol. The van der Waals surface area contributed by atoms with Crippen molar-refractivity contribution in [3.8, 4) is 0 Å². The topological polar surface area (TPSA) is 41.7 Å². The van der Waals surface area contributed by atoms with Gasteiger partial charge in [-0.3, -0.25) is 4.90 Å². The number of hydrogen-bond acceptors (Lipinski definition) is 4. The molecule has 3 aliphatic heterocycles. The molecule has 0 aromatic rings. The Morgan fingerprint density at radius 2 is 2.06 bits per heavy atom. The molecule has 3 unspecified atom stereocenters. The Bertz CT molecular complexity index is 274. The summed E-state index contributed by atoms with van der Waals surface area (Å²) in [5, 5.41) is 0. The number of fused-ring (bicyclic) bond motifs is 1. The van der Waals surface area contributed by atoms with E-state index in [9.17, 15) is 0 Å². The molecule has 0 amide bonds. The van der Waals surface area contributed by atoms with E-state index >= 15 is 0 Å². The summed E-state index contributed by atoms with van der Waals surface area (Å²) in [5.74, 6) is 0.550. The highest BCUT2D eigenvalue weighted by molar-refractivity contribution is 4.87. The second-order valence-electron chi connectivity index (χ2n) is 6.23. The predicted octanol–water partition coefficient (Wildman–Crippen LogP) is 0.520. The maximum atomic E-state index is 6.21. The molecule has 3 saturated heterocycles. The van der Waals surface area contributed by atoms with Crippen LogP contribution in [0.3, 0.4) is 0 Å². The monoisotopic (exact) mass is 253 g/mol. The highest BCUT2D eigenvalue weighted by atomic mass is 16.5. The molecule has 104 valence electrons. The molecule has 2 N–H and O–H groups in total. The third kappa shape index (κ3) is 2.87. The number of piperidine rings is 1. The second kappa shape index (κ2) is 5.87. The first kappa shape index (κ1) is 12.9. The maximum absolute atomic E-state index is 6.21. The fourth-order valence-corrected chi connectivity index (χ4v) is 3.72. The van der Waals surface area contributed by atoms with Crippen molar-refractivity contribution in [1.29, 1.82) is 0 Å². The summed E-state index contributed by atoms with van der Waals surface area (Å²) >= 11 is 0. The van der Waals surface area contributed by atoms with Crippen molar-refractivity contribution in [2.24, 2.45) is 11.7 Å². The van der Waals surface area contributed by atoms with Gasteiger partial charge < -0.3 is 15.4 Å². The van der Waals surface area contributed by atoms with Crippen LogP contribution in [0.5, 0.6) is 0 Å². The summed E-state index contributed by atoms with van der Waals surface area (Å²) in [6.07, 6.45) is 5.25. The molecule has 3 atom stereocenters. The van der Waals surface area contributed by atoms with Crippen molar-refractivity contribution >= 4 is 0 Å². The Labute approximate surface area is 110 Å². The van der Waals surface area contributed by atoms with Gasteiger partial charge in [0.2, 0.25) is 0 Å². The van der Waals surface area contributed by atoms with Gasteiger partial charge in [-0.25, -0.2) is 0 Å². The highest BCUT2D eigenvalue weighted by Crippen LogP contribution is 2.22. The van der Waals surface area contributed by atoms with Crippen molar-refractivity contribution in [3.63, 3.8) is 0 Å². The third-order valence-corrected chi connectivity index (χ3v) is 4.95. The molecule has 3 rings (SSSR count). The Kier molecular flexibility index (Phi) is 4.19. The van der Waals surface area contributed by atoms with E-state index in [2.05, 4.69) is 9.80 Å². The van der Waals surface area contributed by atoms with Gasteiger partial charge in [-0.05, 0) is 25.8 Å². The number of nitrogens with two attached hydrogens (primary N) is 1.